The Morgan fingerprint density at radius 3 is 2.05 bits per heavy atom. The minimum atomic E-state index is -4.54. The van der Waals surface area contributed by atoms with Gasteiger partial charge in [0, 0.05) is 6.42 Å². The Morgan fingerprint density at radius 2 is 1.40 bits per heavy atom. The van der Waals surface area contributed by atoms with Crippen LogP contribution in [0.1, 0.15) is 129 Å². The van der Waals surface area contributed by atoms with Gasteiger partial charge in [-0.1, -0.05) is 109 Å². The van der Waals surface area contributed by atoms with E-state index in [4.69, 9.17) is 9.05 Å². The lowest BCUT2D eigenvalue weighted by atomic mass is 10.0. The Balaban J connectivity index is 4.46. The van der Waals surface area contributed by atoms with Crippen molar-refractivity contribution in [2.45, 2.75) is 142 Å². The molecule has 0 saturated carbocycles. The second-order valence-electron chi connectivity index (χ2n) is 12.5. The molecular weight excluding hydrogens is 551 g/mol. The third-order valence-corrected chi connectivity index (χ3v) is 8.16. The molecule has 3 atom stereocenters. The number of nitrogens with zero attached hydrogens (tertiary/aromatic N) is 1. The van der Waals surface area contributed by atoms with E-state index in [1.54, 1.807) is 0 Å². The number of hydrogen-bond acceptors (Lipinski definition) is 6. The molecule has 1 amide bonds. The number of amides is 1. The molecule has 0 fully saturated rings. The van der Waals surface area contributed by atoms with Gasteiger partial charge in [-0.15, -0.1) is 0 Å². The van der Waals surface area contributed by atoms with E-state index in [0.29, 0.717) is 23.9 Å². The van der Waals surface area contributed by atoms with Crippen molar-refractivity contribution in [3.63, 3.8) is 0 Å². The van der Waals surface area contributed by atoms with Crippen molar-refractivity contribution in [2.75, 3.05) is 40.9 Å². The fourth-order valence-electron chi connectivity index (χ4n) is 4.40. The van der Waals surface area contributed by atoms with Crippen LogP contribution in [0.5, 0.6) is 0 Å². The number of carbonyl (C=O) groups is 1. The zero-order chi connectivity index (χ0) is 31.5. The largest absolute Gasteiger partial charge is 0.756 e. The maximum Gasteiger partial charge on any atom is 0.268 e. The maximum absolute atomic E-state index is 12.7. The maximum atomic E-state index is 12.7. The molecule has 42 heavy (non-hydrogen) atoms. The van der Waals surface area contributed by atoms with Crippen molar-refractivity contribution in [2.24, 2.45) is 0 Å². The fourth-order valence-corrected chi connectivity index (χ4v) is 5.13. The molecule has 248 valence electrons. The molecule has 0 radical (unpaired) electrons. The predicted octanol–water partition coefficient (Wildman–Crippen LogP) is 7.21. The number of allylic oxidation sites excluding steroid dienone is 4. The van der Waals surface area contributed by atoms with Gasteiger partial charge in [0.2, 0.25) is 5.91 Å². The highest BCUT2D eigenvalue weighted by Gasteiger charge is 2.24. The first-order chi connectivity index (χ1) is 20.0. The SMILES string of the molecule is CCCC/C=C\C/C=C\CCCCCCCC(=O)NC(COP(=O)([O-])OCC[N+](C)(C)C)C(O)CCCCCCCC. The molecule has 3 unspecified atom stereocenters. The first kappa shape index (κ1) is 41.0. The minimum absolute atomic E-state index is 0.00831. The van der Waals surface area contributed by atoms with E-state index >= 15 is 0 Å². The topological polar surface area (TPSA) is 108 Å². The van der Waals surface area contributed by atoms with E-state index in [0.717, 1.165) is 64.2 Å². The molecule has 8 nitrogen and oxygen atoms in total. The summed E-state index contributed by atoms with van der Waals surface area (Å²) in [5.74, 6) is -0.188. The number of quaternary nitrogens is 1. The smallest absolute Gasteiger partial charge is 0.268 e. The molecule has 0 bridgehead atoms. The van der Waals surface area contributed by atoms with Crippen LogP contribution in [0.4, 0.5) is 0 Å². The Bertz CT molecular complexity index is 753. The Morgan fingerprint density at radius 1 is 0.833 bits per heavy atom. The van der Waals surface area contributed by atoms with Crippen molar-refractivity contribution < 1.29 is 32.9 Å². The first-order valence-corrected chi connectivity index (χ1v) is 18.1. The Labute approximate surface area is 258 Å². The molecule has 9 heteroatoms. The number of phosphoric ester groups is 1. The summed E-state index contributed by atoms with van der Waals surface area (Å²) in [5.41, 5.74) is 0. The van der Waals surface area contributed by atoms with Gasteiger partial charge in [-0.2, -0.15) is 0 Å². The quantitative estimate of drug-likeness (QED) is 0.0398. The van der Waals surface area contributed by atoms with E-state index in [2.05, 4.69) is 43.5 Å². The summed E-state index contributed by atoms with van der Waals surface area (Å²) >= 11 is 0. The van der Waals surface area contributed by atoms with E-state index in [9.17, 15) is 19.4 Å². The fraction of sp³-hybridized carbons (Fsp3) is 0.848. The second kappa shape index (κ2) is 26.4. The molecule has 0 heterocycles. The van der Waals surface area contributed by atoms with Crippen LogP contribution in [-0.4, -0.2) is 68.5 Å². The lowest BCUT2D eigenvalue weighted by Crippen LogP contribution is -2.46. The summed E-state index contributed by atoms with van der Waals surface area (Å²) in [7, 11) is 1.28. The summed E-state index contributed by atoms with van der Waals surface area (Å²) < 4.78 is 22.9. The highest BCUT2D eigenvalue weighted by molar-refractivity contribution is 7.45. The number of carbonyl (C=O) groups excluding carboxylic acids is 1. The monoisotopic (exact) mass is 616 g/mol. The van der Waals surface area contributed by atoms with Gasteiger partial charge < -0.3 is 28.8 Å². The van der Waals surface area contributed by atoms with Crippen molar-refractivity contribution in [3.05, 3.63) is 24.3 Å². The highest BCUT2D eigenvalue weighted by Crippen LogP contribution is 2.38. The summed E-state index contributed by atoms with van der Waals surface area (Å²) in [6.07, 6.45) is 26.3. The van der Waals surface area contributed by atoms with Crippen molar-refractivity contribution in [3.8, 4) is 0 Å². The molecule has 0 aromatic rings. The zero-order valence-electron chi connectivity index (χ0n) is 27.7. The number of rotatable bonds is 29. The first-order valence-electron chi connectivity index (χ1n) is 16.7. The third kappa shape index (κ3) is 27.8. The lowest BCUT2D eigenvalue weighted by Gasteiger charge is -2.30. The number of unbranched alkanes of at least 4 members (excludes halogenated alkanes) is 12. The minimum Gasteiger partial charge on any atom is -0.756 e. The molecular formula is C33H65N2O6P. The van der Waals surface area contributed by atoms with Gasteiger partial charge >= 0.3 is 0 Å². The molecule has 2 N–H and O–H groups in total. The van der Waals surface area contributed by atoms with Crippen LogP contribution in [-0.2, 0) is 18.4 Å². The summed E-state index contributed by atoms with van der Waals surface area (Å²) in [6.45, 7) is 4.56. The standard InChI is InChI=1S/C33H65N2O6P/c1-6-8-10-12-14-15-16-17-18-19-20-21-23-25-27-33(37)34-31(32(36)26-24-22-13-11-9-7-2)30-41-42(38,39)40-29-28-35(3,4)5/h12,14,16-17,31-32,36H,6-11,13,15,18-30H2,1-5H3,(H-,34,37,38,39)/b14-12-,17-16-. The molecule has 0 spiro atoms. The molecule has 0 aliphatic carbocycles. The summed E-state index contributed by atoms with van der Waals surface area (Å²) in [4.78, 5) is 24.9. The van der Waals surface area contributed by atoms with Gasteiger partial charge in [-0.3, -0.25) is 9.36 Å². The number of nitrogens with one attached hydrogen (secondary N) is 1. The lowest BCUT2D eigenvalue weighted by molar-refractivity contribution is -0.870. The molecule has 0 saturated heterocycles. The van der Waals surface area contributed by atoms with E-state index in [1.165, 1.54) is 38.5 Å². The van der Waals surface area contributed by atoms with Gasteiger partial charge in [0.15, 0.2) is 0 Å². The van der Waals surface area contributed by atoms with Crippen molar-refractivity contribution >= 4 is 13.7 Å². The number of phosphoric acid groups is 1. The van der Waals surface area contributed by atoms with Crippen LogP contribution in [0.15, 0.2) is 24.3 Å². The van der Waals surface area contributed by atoms with Crippen LogP contribution in [0, 0.1) is 0 Å². The second-order valence-corrected chi connectivity index (χ2v) is 13.9. The average molecular weight is 617 g/mol. The molecule has 0 aromatic heterocycles. The van der Waals surface area contributed by atoms with Gasteiger partial charge in [-0.25, -0.2) is 0 Å². The van der Waals surface area contributed by atoms with Crippen molar-refractivity contribution in [1.29, 1.82) is 0 Å². The van der Waals surface area contributed by atoms with Crippen LogP contribution in [0.3, 0.4) is 0 Å². The average Bonchev–Trinajstić information content (AvgIpc) is 2.92. The van der Waals surface area contributed by atoms with Gasteiger partial charge in [0.05, 0.1) is 39.9 Å². The number of likely N-dealkylation sites (N-methyl/N-ethyl adjacent to an activating group) is 1. The summed E-state index contributed by atoms with van der Waals surface area (Å²) in [6, 6.07) is -0.800. The van der Waals surface area contributed by atoms with Crippen molar-refractivity contribution in [1.82, 2.24) is 5.32 Å². The number of aliphatic hydroxyl groups is 1. The van der Waals surface area contributed by atoms with Gasteiger partial charge in [0.1, 0.15) is 13.2 Å². The van der Waals surface area contributed by atoms with Gasteiger partial charge in [0.25, 0.3) is 7.82 Å². The Hall–Kier alpha value is -1.02. The predicted molar refractivity (Wildman–Crippen MR) is 173 cm³/mol. The van der Waals surface area contributed by atoms with Crippen LogP contribution in [0.25, 0.3) is 0 Å². The van der Waals surface area contributed by atoms with E-state index in [1.807, 2.05) is 21.1 Å². The highest BCUT2D eigenvalue weighted by atomic mass is 31.2. The van der Waals surface area contributed by atoms with Gasteiger partial charge in [-0.05, 0) is 38.5 Å². The number of aliphatic hydroxyl groups excluding tert-OH is 1. The summed E-state index contributed by atoms with van der Waals surface area (Å²) in [5, 5.41) is 13.6. The number of hydrogen-bond donors (Lipinski definition) is 2. The Kier molecular flexibility index (Phi) is 25.7. The molecule has 0 aromatic carbocycles. The molecule has 0 rings (SSSR count). The van der Waals surface area contributed by atoms with Crippen LogP contribution < -0.4 is 10.2 Å². The third-order valence-electron chi connectivity index (χ3n) is 7.19. The van der Waals surface area contributed by atoms with Crippen LogP contribution >= 0.6 is 7.82 Å². The molecule has 0 aliphatic heterocycles. The molecule has 0 aliphatic rings. The van der Waals surface area contributed by atoms with Crippen LogP contribution in [0.2, 0.25) is 0 Å². The van der Waals surface area contributed by atoms with E-state index < -0.39 is 20.0 Å². The zero-order valence-corrected chi connectivity index (χ0v) is 28.6. The van der Waals surface area contributed by atoms with E-state index in [-0.39, 0.29) is 19.1 Å². The normalized spacial score (nSPS) is 15.3.